The molecule has 0 N–H and O–H groups in total. The second kappa shape index (κ2) is 5.95. The standard InChI is InChI=1S/C12H15F3O2/c1-2-17-11(16)10(8-12(13,14)15)5-3-4-9-6-7-9/h9-10H,2,5-8H2,1H3. The van der Waals surface area contributed by atoms with Crippen molar-refractivity contribution in [1.29, 1.82) is 0 Å². The predicted molar refractivity (Wildman–Crippen MR) is 55.9 cm³/mol. The molecule has 0 bridgehead atoms. The Morgan fingerprint density at radius 3 is 2.59 bits per heavy atom. The minimum Gasteiger partial charge on any atom is -0.466 e. The Balaban J connectivity index is 2.51. The first-order chi connectivity index (χ1) is 7.92. The van der Waals surface area contributed by atoms with Crippen LogP contribution in [0.5, 0.6) is 0 Å². The van der Waals surface area contributed by atoms with Crippen molar-refractivity contribution in [2.24, 2.45) is 11.8 Å². The van der Waals surface area contributed by atoms with Gasteiger partial charge in [-0.15, -0.1) is 5.92 Å². The van der Waals surface area contributed by atoms with Gasteiger partial charge in [0.2, 0.25) is 0 Å². The van der Waals surface area contributed by atoms with E-state index in [2.05, 4.69) is 16.6 Å². The van der Waals surface area contributed by atoms with E-state index < -0.39 is 24.5 Å². The SMILES string of the molecule is CCOC(=O)C(CC#CC1CC1)CC(F)(F)F. The van der Waals surface area contributed by atoms with E-state index >= 15 is 0 Å². The van der Waals surface area contributed by atoms with Gasteiger partial charge in [0.1, 0.15) is 0 Å². The third-order valence-electron chi connectivity index (χ3n) is 2.33. The number of hydrogen-bond acceptors (Lipinski definition) is 2. The summed E-state index contributed by atoms with van der Waals surface area (Å²) >= 11 is 0. The van der Waals surface area contributed by atoms with Crippen molar-refractivity contribution in [3.05, 3.63) is 0 Å². The van der Waals surface area contributed by atoms with E-state index in [9.17, 15) is 18.0 Å². The Morgan fingerprint density at radius 1 is 1.47 bits per heavy atom. The zero-order valence-electron chi connectivity index (χ0n) is 9.64. The fraction of sp³-hybridized carbons (Fsp3) is 0.750. The van der Waals surface area contributed by atoms with Crippen LogP contribution in [0.1, 0.15) is 32.6 Å². The lowest BCUT2D eigenvalue weighted by atomic mass is 10.0. The summed E-state index contributed by atoms with van der Waals surface area (Å²) in [6.45, 7) is 1.65. The van der Waals surface area contributed by atoms with Crippen molar-refractivity contribution in [3.8, 4) is 11.8 Å². The molecule has 1 fully saturated rings. The first-order valence-electron chi connectivity index (χ1n) is 5.64. The first kappa shape index (κ1) is 13.9. The van der Waals surface area contributed by atoms with Crippen LogP contribution >= 0.6 is 0 Å². The predicted octanol–water partition coefficient (Wildman–Crippen LogP) is 2.92. The van der Waals surface area contributed by atoms with Gasteiger partial charge >= 0.3 is 12.1 Å². The lowest BCUT2D eigenvalue weighted by Gasteiger charge is -2.14. The molecule has 1 aliphatic carbocycles. The van der Waals surface area contributed by atoms with Gasteiger partial charge in [0.05, 0.1) is 18.9 Å². The number of rotatable bonds is 4. The Kier molecular flexibility index (Phi) is 4.86. The molecule has 1 atom stereocenters. The first-order valence-corrected chi connectivity index (χ1v) is 5.64. The van der Waals surface area contributed by atoms with Crippen molar-refractivity contribution >= 4 is 5.97 Å². The van der Waals surface area contributed by atoms with Gasteiger partial charge in [-0.1, -0.05) is 5.92 Å². The number of alkyl halides is 3. The highest BCUT2D eigenvalue weighted by atomic mass is 19.4. The molecule has 1 rings (SSSR count). The van der Waals surface area contributed by atoms with E-state index in [4.69, 9.17) is 0 Å². The lowest BCUT2D eigenvalue weighted by Crippen LogP contribution is -2.24. The summed E-state index contributed by atoms with van der Waals surface area (Å²) in [5.74, 6) is 3.82. The third-order valence-corrected chi connectivity index (χ3v) is 2.33. The maximum Gasteiger partial charge on any atom is 0.389 e. The van der Waals surface area contributed by atoms with Crippen molar-refractivity contribution in [3.63, 3.8) is 0 Å². The average molecular weight is 248 g/mol. The molecule has 0 heterocycles. The summed E-state index contributed by atoms with van der Waals surface area (Å²) < 4.78 is 41.4. The van der Waals surface area contributed by atoms with E-state index in [-0.39, 0.29) is 13.0 Å². The summed E-state index contributed by atoms with van der Waals surface area (Å²) in [5.41, 5.74) is 0. The number of ether oxygens (including phenoxy) is 1. The monoisotopic (exact) mass is 248 g/mol. The van der Waals surface area contributed by atoms with E-state index in [1.165, 1.54) is 0 Å². The van der Waals surface area contributed by atoms with E-state index in [1.54, 1.807) is 6.92 Å². The second-order valence-corrected chi connectivity index (χ2v) is 4.07. The number of carbonyl (C=O) groups excluding carboxylic acids is 1. The Labute approximate surface area is 98.5 Å². The van der Waals surface area contributed by atoms with Gasteiger partial charge in [0.25, 0.3) is 0 Å². The van der Waals surface area contributed by atoms with Crippen molar-refractivity contribution in [2.75, 3.05) is 6.61 Å². The molecule has 96 valence electrons. The molecule has 1 aliphatic rings. The van der Waals surface area contributed by atoms with Gasteiger partial charge in [-0.25, -0.2) is 0 Å². The molecule has 1 unspecified atom stereocenters. The fourth-order valence-electron chi connectivity index (χ4n) is 1.33. The lowest BCUT2D eigenvalue weighted by molar-refractivity contribution is -0.167. The largest absolute Gasteiger partial charge is 0.466 e. The van der Waals surface area contributed by atoms with Crippen LogP contribution in [0.25, 0.3) is 0 Å². The zero-order valence-corrected chi connectivity index (χ0v) is 9.64. The number of carbonyl (C=O) groups is 1. The van der Waals surface area contributed by atoms with E-state index in [0.29, 0.717) is 5.92 Å². The molecule has 1 saturated carbocycles. The quantitative estimate of drug-likeness (QED) is 0.565. The smallest absolute Gasteiger partial charge is 0.389 e. The van der Waals surface area contributed by atoms with Crippen molar-refractivity contribution in [1.82, 2.24) is 0 Å². The van der Waals surface area contributed by atoms with Crippen molar-refractivity contribution < 1.29 is 22.7 Å². The molecule has 0 saturated heterocycles. The Morgan fingerprint density at radius 2 is 2.12 bits per heavy atom. The molecule has 0 aromatic rings. The maximum atomic E-state index is 12.2. The van der Waals surface area contributed by atoms with Gasteiger partial charge in [-0.2, -0.15) is 13.2 Å². The second-order valence-electron chi connectivity index (χ2n) is 4.07. The molecule has 0 radical (unpaired) electrons. The zero-order chi connectivity index (χ0) is 12.9. The number of hydrogen-bond donors (Lipinski definition) is 0. The molecule has 17 heavy (non-hydrogen) atoms. The van der Waals surface area contributed by atoms with Crippen LogP contribution in [0, 0.1) is 23.7 Å². The molecule has 0 amide bonds. The summed E-state index contributed by atoms with van der Waals surface area (Å²) in [6, 6.07) is 0. The van der Waals surface area contributed by atoms with Gasteiger partial charge < -0.3 is 4.74 Å². The van der Waals surface area contributed by atoms with E-state index in [0.717, 1.165) is 12.8 Å². The fourth-order valence-corrected chi connectivity index (χ4v) is 1.33. The summed E-state index contributed by atoms with van der Waals surface area (Å²) in [6.07, 6.45) is -3.58. The molecule has 5 heteroatoms. The average Bonchev–Trinajstić information content (AvgIpc) is 2.98. The van der Waals surface area contributed by atoms with Gasteiger partial charge in [-0.05, 0) is 19.8 Å². The normalized spacial score (nSPS) is 16.9. The molecular weight excluding hydrogens is 233 g/mol. The summed E-state index contributed by atoms with van der Waals surface area (Å²) in [7, 11) is 0. The van der Waals surface area contributed by atoms with E-state index in [1.807, 2.05) is 0 Å². The topological polar surface area (TPSA) is 26.3 Å². The molecule has 0 aromatic heterocycles. The van der Waals surface area contributed by atoms with Crippen LogP contribution in [0.4, 0.5) is 13.2 Å². The molecule has 0 aliphatic heterocycles. The molecule has 0 aromatic carbocycles. The maximum absolute atomic E-state index is 12.2. The summed E-state index contributed by atoms with van der Waals surface area (Å²) in [4.78, 5) is 11.3. The summed E-state index contributed by atoms with van der Waals surface area (Å²) in [5, 5.41) is 0. The van der Waals surface area contributed by atoms with Crippen LogP contribution in [0.2, 0.25) is 0 Å². The number of esters is 1. The number of halogens is 3. The molecular formula is C12H15F3O2. The van der Waals surface area contributed by atoms with Crippen LogP contribution in [-0.2, 0) is 9.53 Å². The van der Waals surface area contributed by atoms with Crippen LogP contribution in [0.15, 0.2) is 0 Å². The van der Waals surface area contributed by atoms with Crippen LogP contribution in [-0.4, -0.2) is 18.8 Å². The van der Waals surface area contributed by atoms with Crippen LogP contribution in [0.3, 0.4) is 0 Å². The minimum absolute atomic E-state index is 0.0746. The molecule has 2 nitrogen and oxygen atoms in total. The van der Waals surface area contributed by atoms with Crippen LogP contribution < -0.4 is 0 Å². The highest BCUT2D eigenvalue weighted by Crippen LogP contribution is 2.29. The third kappa shape index (κ3) is 6.20. The van der Waals surface area contributed by atoms with Gasteiger partial charge in [0, 0.05) is 12.3 Å². The van der Waals surface area contributed by atoms with Crippen molar-refractivity contribution in [2.45, 2.75) is 38.8 Å². The highest BCUT2D eigenvalue weighted by molar-refractivity contribution is 5.72. The molecule has 0 spiro atoms. The minimum atomic E-state index is -4.36. The Bertz CT molecular complexity index is 321. The highest BCUT2D eigenvalue weighted by Gasteiger charge is 2.35. The van der Waals surface area contributed by atoms with Gasteiger partial charge in [0.15, 0.2) is 0 Å². The van der Waals surface area contributed by atoms with Gasteiger partial charge in [-0.3, -0.25) is 4.79 Å². The Hall–Kier alpha value is -1.18.